The van der Waals surface area contributed by atoms with Crippen LogP contribution in [0.4, 0.5) is 0 Å². The highest BCUT2D eigenvalue weighted by atomic mass is 16.3. The number of rotatable bonds is 7. The van der Waals surface area contributed by atoms with E-state index in [0.717, 1.165) is 36.0 Å². The highest BCUT2D eigenvalue weighted by Gasteiger charge is 2.22. The Hall–Kier alpha value is -1.44. The van der Waals surface area contributed by atoms with Crippen LogP contribution in [-0.2, 0) is 6.42 Å². The molecule has 2 nitrogen and oxygen atoms in total. The number of benzene rings is 1. The maximum Gasteiger partial charge on any atom is 0.123 e. The number of hydrogen-bond donors (Lipinski definition) is 2. The zero-order valence-corrected chi connectivity index (χ0v) is 13.2. The van der Waals surface area contributed by atoms with Crippen molar-refractivity contribution in [1.29, 1.82) is 0 Å². The van der Waals surface area contributed by atoms with E-state index in [1.54, 1.807) is 6.07 Å². The van der Waals surface area contributed by atoms with E-state index in [0.29, 0.717) is 5.92 Å². The predicted octanol–water partition coefficient (Wildman–Crippen LogP) is 5.15. The number of aromatic hydroxyl groups is 2. The second-order valence-corrected chi connectivity index (χ2v) is 5.92. The molecular formula is C18H28O2. The molecule has 1 aromatic rings. The third kappa shape index (κ3) is 4.03. The molecule has 0 amide bonds. The average Bonchev–Trinajstić information content (AvgIpc) is 2.36. The minimum absolute atomic E-state index is 0.146. The van der Waals surface area contributed by atoms with Gasteiger partial charge in [0.25, 0.3) is 0 Å². The van der Waals surface area contributed by atoms with E-state index in [-0.39, 0.29) is 17.4 Å². The molecule has 1 aromatic carbocycles. The van der Waals surface area contributed by atoms with Gasteiger partial charge in [-0.1, -0.05) is 45.8 Å². The monoisotopic (exact) mass is 276 g/mol. The van der Waals surface area contributed by atoms with Crippen LogP contribution >= 0.6 is 0 Å². The molecule has 2 heteroatoms. The molecule has 0 bridgehead atoms. The summed E-state index contributed by atoms with van der Waals surface area (Å²) >= 11 is 0. The van der Waals surface area contributed by atoms with Gasteiger partial charge < -0.3 is 10.2 Å². The van der Waals surface area contributed by atoms with Crippen molar-refractivity contribution in [3.63, 3.8) is 0 Å². The van der Waals surface area contributed by atoms with Gasteiger partial charge in [0, 0.05) is 11.6 Å². The van der Waals surface area contributed by atoms with Gasteiger partial charge >= 0.3 is 0 Å². The van der Waals surface area contributed by atoms with E-state index in [1.165, 1.54) is 12.5 Å². The van der Waals surface area contributed by atoms with Crippen molar-refractivity contribution >= 4 is 0 Å². The Bertz CT molecular complexity index is 463. The highest BCUT2D eigenvalue weighted by molar-refractivity contribution is 5.48. The van der Waals surface area contributed by atoms with Gasteiger partial charge in [0.15, 0.2) is 0 Å². The second kappa shape index (κ2) is 7.37. The van der Waals surface area contributed by atoms with Crippen LogP contribution in [0.3, 0.4) is 0 Å². The van der Waals surface area contributed by atoms with Gasteiger partial charge in [-0.3, -0.25) is 0 Å². The van der Waals surface area contributed by atoms with Crippen molar-refractivity contribution in [3.05, 3.63) is 35.4 Å². The SMILES string of the molecule is C=C(C)C(C)[C@@H](C)c1c(O)cc(O)cc1CCCCC. The van der Waals surface area contributed by atoms with E-state index in [4.69, 9.17) is 0 Å². The summed E-state index contributed by atoms with van der Waals surface area (Å²) in [5.74, 6) is 0.852. The Balaban J connectivity index is 3.11. The third-order valence-corrected chi connectivity index (χ3v) is 4.26. The predicted molar refractivity (Wildman–Crippen MR) is 85.4 cm³/mol. The van der Waals surface area contributed by atoms with Gasteiger partial charge in [-0.2, -0.15) is 0 Å². The number of unbranched alkanes of at least 4 members (excludes halogenated alkanes) is 2. The Morgan fingerprint density at radius 2 is 1.85 bits per heavy atom. The molecule has 0 aliphatic carbocycles. The lowest BCUT2D eigenvalue weighted by atomic mass is 9.81. The van der Waals surface area contributed by atoms with Gasteiger partial charge in [0.05, 0.1) is 0 Å². The van der Waals surface area contributed by atoms with E-state index in [1.807, 2.05) is 6.92 Å². The number of hydrogen-bond acceptors (Lipinski definition) is 2. The van der Waals surface area contributed by atoms with Crippen LogP contribution in [0, 0.1) is 5.92 Å². The molecule has 0 aromatic heterocycles. The lowest BCUT2D eigenvalue weighted by molar-refractivity contribution is 0.431. The molecule has 112 valence electrons. The minimum atomic E-state index is 0.146. The lowest BCUT2D eigenvalue weighted by Gasteiger charge is -2.24. The number of aryl methyl sites for hydroxylation is 1. The zero-order chi connectivity index (χ0) is 15.3. The smallest absolute Gasteiger partial charge is 0.123 e. The van der Waals surface area contributed by atoms with Crippen molar-refractivity contribution in [2.75, 3.05) is 0 Å². The van der Waals surface area contributed by atoms with Crippen LogP contribution in [0.2, 0.25) is 0 Å². The molecule has 0 aliphatic rings. The number of phenols is 2. The van der Waals surface area contributed by atoms with Crippen LogP contribution in [0.1, 0.15) is 64.0 Å². The third-order valence-electron chi connectivity index (χ3n) is 4.26. The summed E-state index contributed by atoms with van der Waals surface area (Å²) in [4.78, 5) is 0. The van der Waals surface area contributed by atoms with Crippen LogP contribution < -0.4 is 0 Å². The van der Waals surface area contributed by atoms with Gasteiger partial charge in [-0.25, -0.2) is 0 Å². The summed E-state index contributed by atoms with van der Waals surface area (Å²) in [6, 6.07) is 3.24. The van der Waals surface area contributed by atoms with Gasteiger partial charge in [0.2, 0.25) is 0 Å². The van der Waals surface area contributed by atoms with E-state index < -0.39 is 0 Å². The Morgan fingerprint density at radius 3 is 2.40 bits per heavy atom. The largest absolute Gasteiger partial charge is 0.508 e. The second-order valence-electron chi connectivity index (χ2n) is 5.92. The fraction of sp³-hybridized carbons (Fsp3) is 0.556. The lowest BCUT2D eigenvalue weighted by Crippen LogP contribution is -2.10. The summed E-state index contributed by atoms with van der Waals surface area (Å²) < 4.78 is 0. The maximum absolute atomic E-state index is 10.2. The standard InChI is InChI=1S/C18H28O2/c1-6-7-8-9-15-10-16(19)11-17(20)18(15)14(5)13(4)12(2)3/h10-11,13-14,19-20H,2,6-9H2,1,3-5H3/t13?,14-/m1/s1. The summed E-state index contributed by atoms with van der Waals surface area (Å²) in [6.45, 7) is 12.5. The minimum Gasteiger partial charge on any atom is -0.508 e. The molecule has 0 saturated carbocycles. The summed E-state index contributed by atoms with van der Waals surface area (Å²) in [5, 5.41) is 20.0. The molecule has 1 rings (SSSR count). The molecule has 0 spiro atoms. The van der Waals surface area contributed by atoms with E-state index >= 15 is 0 Å². The van der Waals surface area contributed by atoms with Crippen LogP contribution in [-0.4, -0.2) is 10.2 Å². The first kappa shape index (κ1) is 16.6. The van der Waals surface area contributed by atoms with E-state index in [9.17, 15) is 10.2 Å². The van der Waals surface area contributed by atoms with E-state index in [2.05, 4.69) is 27.4 Å². The van der Waals surface area contributed by atoms with Gasteiger partial charge in [-0.05, 0) is 43.2 Å². The molecule has 2 N–H and O–H groups in total. The van der Waals surface area contributed by atoms with Crippen molar-refractivity contribution in [3.8, 4) is 11.5 Å². The average molecular weight is 276 g/mol. The Morgan fingerprint density at radius 1 is 1.20 bits per heavy atom. The molecule has 0 saturated heterocycles. The normalized spacial score (nSPS) is 14.0. The Kier molecular flexibility index (Phi) is 6.12. The first-order valence-electron chi connectivity index (χ1n) is 7.58. The molecule has 0 aliphatic heterocycles. The Labute approximate surface area is 123 Å². The highest BCUT2D eigenvalue weighted by Crippen LogP contribution is 2.39. The number of phenolic OH excluding ortho intramolecular Hbond substituents is 2. The fourth-order valence-electron chi connectivity index (χ4n) is 2.66. The molecular weight excluding hydrogens is 248 g/mol. The molecule has 20 heavy (non-hydrogen) atoms. The van der Waals surface area contributed by atoms with Crippen LogP contribution in [0.15, 0.2) is 24.3 Å². The molecule has 0 fully saturated rings. The van der Waals surface area contributed by atoms with Crippen molar-refractivity contribution in [1.82, 2.24) is 0 Å². The zero-order valence-electron chi connectivity index (χ0n) is 13.2. The number of allylic oxidation sites excluding steroid dienone is 1. The van der Waals surface area contributed by atoms with Crippen molar-refractivity contribution < 1.29 is 10.2 Å². The molecule has 0 heterocycles. The van der Waals surface area contributed by atoms with Gasteiger partial charge in [-0.15, -0.1) is 0 Å². The topological polar surface area (TPSA) is 40.5 Å². The first-order valence-corrected chi connectivity index (χ1v) is 7.58. The molecule has 2 atom stereocenters. The maximum atomic E-state index is 10.2. The fourth-order valence-corrected chi connectivity index (χ4v) is 2.66. The summed E-state index contributed by atoms with van der Waals surface area (Å²) in [5.41, 5.74) is 3.15. The summed E-state index contributed by atoms with van der Waals surface area (Å²) in [6.07, 6.45) is 4.32. The van der Waals surface area contributed by atoms with Gasteiger partial charge in [0.1, 0.15) is 11.5 Å². The molecule has 0 radical (unpaired) electrons. The van der Waals surface area contributed by atoms with Crippen molar-refractivity contribution in [2.45, 2.75) is 59.3 Å². The van der Waals surface area contributed by atoms with Crippen LogP contribution in [0.25, 0.3) is 0 Å². The van der Waals surface area contributed by atoms with Crippen molar-refractivity contribution in [2.24, 2.45) is 5.92 Å². The summed E-state index contributed by atoms with van der Waals surface area (Å²) in [7, 11) is 0. The first-order chi connectivity index (χ1) is 9.38. The quantitative estimate of drug-likeness (QED) is 0.534. The molecule has 1 unspecified atom stereocenters. The van der Waals surface area contributed by atoms with Crippen LogP contribution in [0.5, 0.6) is 11.5 Å².